The van der Waals surface area contributed by atoms with Gasteiger partial charge in [0.25, 0.3) is 0 Å². The summed E-state index contributed by atoms with van der Waals surface area (Å²) in [6.45, 7) is 3.13. The summed E-state index contributed by atoms with van der Waals surface area (Å²) in [5, 5.41) is 8.07. The minimum atomic E-state index is 0.581. The number of hydrogen-bond donors (Lipinski definition) is 1. The summed E-state index contributed by atoms with van der Waals surface area (Å²) in [6.07, 6.45) is 11.3. The van der Waals surface area contributed by atoms with E-state index in [0.717, 1.165) is 55.9 Å². The van der Waals surface area contributed by atoms with E-state index < -0.39 is 0 Å². The van der Waals surface area contributed by atoms with E-state index in [4.69, 9.17) is 0 Å². The molecule has 5 rings (SSSR count). The summed E-state index contributed by atoms with van der Waals surface area (Å²) < 4.78 is 4.00. The van der Waals surface area contributed by atoms with E-state index in [1.807, 2.05) is 41.3 Å². The molecule has 29 heavy (non-hydrogen) atoms. The molecule has 0 bridgehead atoms. The second kappa shape index (κ2) is 8.09. The van der Waals surface area contributed by atoms with Crippen molar-refractivity contribution in [1.29, 1.82) is 0 Å². The zero-order chi connectivity index (χ0) is 19.5. The summed E-state index contributed by atoms with van der Waals surface area (Å²) in [7, 11) is 0. The highest BCUT2D eigenvalue weighted by molar-refractivity contribution is 5.53. The Balaban J connectivity index is 1.12. The Kier molecular flexibility index (Phi) is 5.01. The van der Waals surface area contributed by atoms with Crippen molar-refractivity contribution in [2.24, 2.45) is 0 Å². The topological polar surface area (TPSA) is 50.4 Å². The van der Waals surface area contributed by atoms with Crippen molar-refractivity contribution in [1.82, 2.24) is 24.5 Å². The van der Waals surface area contributed by atoms with Crippen molar-refractivity contribution in [2.75, 3.05) is 24.5 Å². The summed E-state index contributed by atoms with van der Waals surface area (Å²) in [5.74, 6) is 0. The number of pyridine rings is 1. The Morgan fingerprint density at radius 2 is 1.86 bits per heavy atom. The lowest BCUT2D eigenvalue weighted by Crippen LogP contribution is -2.43. The average Bonchev–Trinajstić information content (AvgIpc) is 3.44. The highest BCUT2D eigenvalue weighted by Crippen LogP contribution is 2.22. The summed E-state index contributed by atoms with van der Waals surface area (Å²) in [4.78, 5) is 7.16. The number of rotatable bonds is 6. The molecule has 6 heteroatoms. The molecule has 148 valence electrons. The minimum absolute atomic E-state index is 0.581. The predicted molar refractivity (Wildman–Crippen MR) is 116 cm³/mol. The van der Waals surface area contributed by atoms with Gasteiger partial charge in [-0.05, 0) is 49.2 Å². The molecular weight excluding hydrogens is 360 g/mol. The molecule has 1 fully saturated rings. The van der Waals surface area contributed by atoms with E-state index >= 15 is 0 Å². The number of nitrogens with one attached hydrogen (secondary N) is 1. The number of fused-ring (bicyclic) bond motifs is 1. The number of hydrogen-bond acceptors (Lipinski definition) is 4. The van der Waals surface area contributed by atoms with E-state index in [9.17, 15) is 0 Å². The van der Waals surface area contributed by atoms with Crippen molar-refractivity contribution in [3.63, 3.8) is 0 Å². The zero-order valence-corrected chi connectivity index (χ0v) is 16.5. The van der Waals surface area contributed by atoms with Gasteiger partial charge in [0.15, 0.2) is 0 Å². The van der Waals surface area contributed by atoms with Gasteiger partial charge in [0.1, 0.15) is 5.65 Å². The normalized spacial score (nSPS) is 15.2. The van der Waals surface area contributed by atoms with Crippen LogP contribution < -0.4 is 10.2 Å². The monoisotopic (exact) mass is 386 g/mol. The van der Waals surface area contributed by atoms with Crippen LogP contribution in [0.5, 0.6) is 0 Å². The maximum absolute atomic E-state index is 4.68. The quantitative estimate of drug-likeness (QED) is 0.552. The van der Waals surface area contributed by atoms with E-state index in [2.05, 4.69) is 61.4 Å². The van der Waals surface area contributed by atoms with Crippen LogP contribution in [0.25, 0.3) is 11.3 Å². The lowest BCUT2D eigenvalue weighted by Gasteiger charge is -2.34. The van der Waals surface area contributed by atoms with E-state index in [1.54, 1.807) is 0 Å². The van der Waals surface area contributed by atoms with E-state index in [0.29, 0.717) is 6.04 Å². The van der Waals surface area contributed by atoms with Gasteiger partial charge in [0.2, 0.25) is 0 Å². The van der Waals surface area contributed by atoms with Crippen molar-refractivity contribution >= 4 is 11.3 Å². The summed E-state index contributed by atoms with van der Waals surface area (Å²) in [5.41, 5.74) is 4.56. The molecule has 0 unspecified atom stereocenters. The first kappa shape index (κ1) is 17.9. The summed E-state index contributed by atoms with van der Waals surface area (Å²) in [6, 6.07) is 17.3. The van der Waals surface area contributed by atoms with Gasteiger partial charge in [-0.1, -0.05) is 12.1 Å². The standard InChI is InChI=1S/C23H26N6/c1-2-13-28-18-20(26-23(28)7-1)8-12-24-19-9-15-27(16-10-19)21-5-3-6-22(17-21)29-14-4-11-25-29/h1-7,11,13-14,17-19,24H,8-10,12,15-16H2. The lowest BCUT2D eigenvalue weighted by molar-refractivity contribution is 0.417. The molecule has 0 spiro atoms. The molecule has 4 heterocycles. The third-order valence-corrected chi connectivity index (χ3v) is 5.69. The largest absolute Gasteiger partial charge is 0.371 e. The number of imidazole rings is 1. The first-order valence-electron chi connectivity index (χ1n) is 10.4. The van der Waals surface area contributed by atoms with Crippen LogP contribution in [0.15, 0.2) is 73.3 Å². The summed E-state index contributed by atoms with van der Waals surface area (Å²) >= 11 is 0. The number of aromatic nitrogens is 4. The van der Waals surface area contributed by atoms with Crippen LogP contribution in [0, 0.1) is 0 Å². The second-order valence-electron chi connectivity index (χ2n) is 7.63. The molecular formula is C23H26N6. The zero-order valence-electron chi connectivity index (χ0n) is 16.5. The van der Waals surface area contributed by atoms with Crippen LogP contribution in [0.4, 0.5) is 5.69 Å². The van der Waals surface area contributed by atoms with Crippen LogP contribution in [0.2, 0.25) is 0 Å². The van der Waals surface area contributed by atoms with Gasteiger partial charge in [0, 0.05) is 62.6 Å². The molecule has 1 saturated heterocycles. The van der Waals surface area contributed by atoms with Crippen molar-refractivity contribution in [3.05, 3.63) is 79.0 Å². The molecule has 4 aromatic rings. The van der Waals surface area contributed by atoms with Crippen molar-refractivity contribution < 1.29 is 0 Å². The third kappa shape index (κ3) is 4.03. The molecule has 1 N–H and O–H groups in total. The molecule has 0 radical (unpaired) electrons. The van der Waals surface area contributed by atoms with Crippen molar-refractivity contribution in [3.8, 4) is 5.69 Å². The van der Waals surface area contributed by atoms with Crippen LogP contribution in [-0.2, 0) is 6.42 Å². The Hall–Kier alpha value is -3.12. The maximum atomic E-state index is 4.68. The fraction of sp³-hybridized carbons (Fsp3) is 0.304. The molecule has 0 aliphatic carbocycles. The Bertz CT molecular complexity index is 1030. The molecule has 0 atom stereocenters. The molecule has 1 aliphatic heterocycles. The van der Waals surface area contributed by atoms with Crippen LogP contribution >= 0.6 is 0 Å². The van der Waals surface area contributed by atoms with Gasteiger partial charge in [-0.15, -0.1) is 0 Å². The number of piperidine rings is 1. The average molecular weight is 387 g/mol. The highest BCUT2D eigenvalue weighted by Gasteiger charge is 2.19. The van der Waals surface area contributed by atoms with Gasteiger partial charge < -0.3 is 14.6 Å². The number of anilines is 1. The second-order valence-corrected chi connectivity index (χ2v) is 7.63. The van der Waals surface area contributed by atoms with Gasteiger partial charge >= 0.3 is 0 Å². The lowest BCUT2D eigenvalue weighted by atomic mass is 10.0. The van der Waals surface area contributed by atoms with Gasteiger partial charge in [-0.25, -0.2) is 9.67 Å². The fourth-order valence-corrected chi connectivity index (χ4v) is 4.11. The van der Waals surface area contributed by atoms with Gasteiger partial charge in [-0.2, -0.15) is 5.10 Å². The molecule has 3 aromatic heterocycles. The third-order valence-electron chi connectivity index (χ3n) is 5.69. The fourth-order valence-electron chi connectivity index (χ4n) is 4.11. The first-order chi connectivity index (χ1) is 14.3. The molecule has 6 nitrogen and oxygen atoms in total. The molecule has 0 saturated carbocycles. The van der Waals surface area contributed by atoms with E-state index in [-0.39, 0.29) is 0 Å². The Morgan fingerprint density at radius 1 is 0.966 bits per heavy atom. The SMILES string of the molecule is c1cc(N2CCC(NCCc3cn4ccccc4n3)CC2)cc(-n2cccn2)c1. The highest BCUT2D eigenvalue weighted by atomic mass is 15.3. The molecule has 1 aromatic carbocycles. The first-order valence-corrected chi connectivity index (χ1v) is 10.4. The molecule has 1 aliphatic rings. The maximum Gasteiger partial charge on any atom is 0.136 e. The van der Waals surface area contributed by atoms with Crippen LogP contribution in [0.1, 0.15) is 18.5 Å². The van der Waals surface area contributed by atoms with Gasteiger partial charge in [0.05, 0.1) is 11.4 Å². The van der Waals surface area contributed by atoms with E-state index in [1.165, 1.54) is 5.69 Å². The number of benzene rings is 1. The van der Waals surface area contributed by atoms with Gasteiger partial charge in [-0.3, -0.25) is 0 Å². The van der Waals surface area contributed by atoms with Crippen molar-refractivity contribution in [2.45, 2.75) is 25.3 Å². The minimum Gasteiger partial charge on any atom is -0.371 e. The Morgan fingerprint density at radius 3 is 2.69 bits per heavy atom. The Labute approximate surface area is 170 Å². The number of nitrogens with zero attached hydrogens (tertiary/aromatic N) is 5. The van der Waals surface area contributed by atoms with Crippen LogP contribution in [-0.4, -0.2) is 44.8 Å². The smallest absolute Gasteiger partial charge is 0.136 e. The molecule has 0 amide bonds. The van der Waals surface area contributed by atoms with Crippen LogP contribution in [0.3, 0.4) is 0 Å². The predicted octanol–water partition coefficient (Wildman–Crippen LogP) is 3.32.